The van der Waals surface area contributed by atoms with E-state index in [0.29, 0.717) is 33.8 Å². The van der Waals surface area contributed by atoms with Gasteiger partial charge in [-0.2, -0.15) is 5.10 Å². The number of rotatable bonds is 4. The molecule has 2 aromatic carbocycles. The second-order valence-corrected chi connectivity index (χ2v) is 6.53. The van der Waals surface area contributed by atoms with E-state index in [1.54, 1.807) is 15.1 Å². The van der Waals surface area contributed by atoms with E-state index in [1.807, 2.05) is 54.6 Å². The van der Waals surface area contributed by atoms with E-state index in [0.717, 1.165) is 5.69 Å². The number of nitrogens with one attached hydrogen (secondary N) is 1. The molecule has 5 rings (SSSR count). The van der Waals surface area contributed by atoms with Crippen LogP contribution in [0.15, 0.2) is 60.7 Å². The molecule has 1 amide bonds. The molecule has 0 aliphatic carbocycles. The SMILES string of the molecule is NNC(=O)c1nnc2c(-c3cc(CO)n(-c4ccccc4)n3)nc3ccccc3n12. The van der Waals surface area contributed by atoms with Gasteiger partial charge in [-0.25, -0.2) is 15.5 Å². The topological polar surface area (TPSA) is 136 Å². The number of hydrogen-bond acceptors (Lipinski definition) is 7. The number of para-hydroxylation sites is 3. The zero-order chi connectivity index (χ0) is 20.7. The second kappa shape index (κ2) is 7.03. The lowest BCUT2D eigenvalue weighted by molar-refractivity contribution is 0.0942. The monoisotopic (exact) mass is 400 g/mol. The minimum absolute atomic E-state index is 0.0391. The maximum atomic E-state index is 12.2. The quantitative estimate of drug-likeness (QED) is 0.234. The number of amides is 1. The van der Waals surface area contributed by atoms with Gasteiger partial charge in [-0.3, -0.25) is 14.6 Å². The van der Waals surface area contributed by atoms with Crippen molar-refractivity contribution in [1.82, 2.24) is 34.8 Å². The summed E-state index contributed by atoms with van der Waals surface area (Å²) in [7, 11) is 0. The van der Waals surface area contributed by atoms with Crippen LogP contribution in [0, 0.1) is 0 Å². The van der Waals surface area contributed by atoms with E-state index >= 15 is 0 Å². The molecule has 0 aliphatic heterocycles. The third-order valence-corrected chi connectivity index (χ3v) is 4.75. The van der Waals surface area contributed by atoms with Crippen molar-refractivity contribution in [3.63, 3.8) is 0 Å². The summed E-state index contributed by atoms with van der Waals surface area (Å²) >= 11 is 0. The van der Waals surface area contributed by atoms with Crippen LogP contribution < -0.4 is 11.3 Å². The van der Waals surface area contributed by atoms with Gasteiger partial charge < -0.3 is 5.11 Å². The Hall–Kier alpha value is -4.15. The Morgan fingerprint density at radius 2 is 1.83 bits per heavy atom. The van der Waals surface area contributed by atoms with Gasteiger partial charge in [0.2, 0.25) is 5.82 Å². The minimum atomic E-state index is -0.573. The molecule has 0 fully saturated rings. The Morgan fingerprint density at radius 1 is 1.07 bits per heavy atom. The number of benzene rings is 2. The van der Waals surface area contributed by atoms with Crippen molar-refractivity contribution >= 4 is 22.6 Å². The average molecular weight is 400 g/mol. The van der Waals surface area contributed by atoms with Gasteiger partial charge in [-0.05, 0) is 30.3 Å². The number of hydrazine groups is 1. The van der Waals surface area contributed by atoms with Crippen molar-refractivity contribution in [2.75, 3.05) is 0 Å². The van der Waals surface area contributed by atoms with E-state index in [9.17, 15) is 9.90 Å². The molecule has 3 aromatic heterocycles. The maximum absolute atomic E-state index is 12.2. The molecule has 30 heavy (non-hydrogen) atoms. The van der Waals surface area contributed by atoms with Crippen LogP contribution in [0.2, 0.25) is 0 Å². The van der Waals surface area contributed by atoms with Gasteiger partial charge in [0.1, 0.15) is 11.4 Å². The van der Waals surface area contributed by atoms with Crippen LogP contribution in [0.5, 0.6) is 0 Å². The molecule has 148 valence electrons. The van der Waals surface area contributed by atoms with Crippen LogP contribution in [-0.2, 0) is 6.61 Å². The Kier molecular flexibility index (Phi) is 4.20. The van der Waals surface area contributed by atoms with Crippen molar-refractivity contribution in [3.05, 3.63) is 72.2 Å². The molecule has 3 heterocycles. The summed E-state index contributed by atoms with van der Waals surface area (Å²) < 4.78 is 3.24. The third-order valence-electron chi connectivity index (χ3n) is 4.75. The fourth-order valence-corrected chi connectivity index (χ4v) is 3.41. The third kappa shape index (κ3) is 2.70. The molecule has 4 N–H and O–H groups in total. The molecule has 0 unspecified atom stereocenters. The fourth-order valence-electron chi connectivity index (χ4n) is 3.41. The highest BCUT2D eigenvalue weighted by Gasteiger charge is 2.22. The predicted octanol–water partition coefficient (Wildman–Crippen LogP) is 1.23. The molecule has 0 spiro atoms. The highest BCUT2D eigenvalue weighted by Crippen LogP contribution is 2.27. The Morgan fingerprint density at radius 3 is 2.60 bits per heavy atom. The summed E-state index contributed by atoms with van der Waals surface area (Å²) in [6, 6.07) is 18.5. The number of nitrogen functional groups attached to an aromatic ring is 1. The van der Waals surface area contributed by atoms with Gasteiger partial charge >= 0.3 is 5.91 Å². The van der Waals surface area contributed by atoms with Crippen LogP contribution >= 0.6 is 0 Å². The first kappa shape index (κ1) is 17.9. The summed E-state index contributed by atoms with van der Waals surface area (Å²) in [6.07, 6.45) is 0. The normalized spacial score (nSPS) is 11.3. The highest BCUT2D eigenvalue weighted by molar-refractivity contribution is 5.95. The lowest BCUT2D eigenvalue weighted by Gasteiger charge is -2.07. The molecule has 0 saturated heterocycles. The van der Waals surface area contributed by atoms with Crippen molar-refractivity contribution in [3.8, 4) is 17.1 Å². The molecule has 0 saturated carbocycles. The zero-order valence-electron chi connectivity index (χ0n) is 15.6. The molecule has 10 heteroatoms. The first-order chi connectivity index (χ1) is 14.7. The fraction of sp³-hybridized carbons (Fsp3) is 0.0500. The maximum Gasteiger partial charge on any atom is 0.303 e. The lowest BCUT2D eigenvalue weighted by atomic mass is 10.2. The number of aliphatic hydroxyl groups is 1. The van der Waals surface area contributed by atoms with Crippen LogP contribution in [-0.4, -0.2) is 40.4 Å². The second-order valence-electron chi connectivity index (χ2n) is 6.53. The van der Waals surface area contributed by atoms with Crippen LogP contribution in [0.3, 0.4) is 0 Å². The first-order valence-corrected chi connectivity index (χ1v) is 9.11. The lowest BCUT2D eigenvalue weighted by Crippen LogP contribution is -2.31. The summed E-state index contributed by atoms with van der Waals surface area (Å²) in [5.74, 6) is 4.78. The van der Waals surface area contributed by atoms with Gasteiger partial charge in [0.25, 0.3) is 0 Å². The average Bonchev–Trinajstić information content (AvgIpc) is 3.43. The Labute approximate surface area is 169 Å². The highest BCUT2D eigenvalue weighted by atomic mass is 16.3. The number of carbonyl (C=O) groups is 1. The number of nitrogens with two attached hydrogens (primary N) is 1. The summed E-state index contributed by atoms with van der Waals surface area (Å²) in [6.45, 7) is -0.209. The van der Waals surface area contributed by atoms with Crippen molar-refractivity contribution in [1.29, 1.82) is 0 Å². The van der Waals surface area contributed by atoms with E-state index in [-0.39, 0.29) is 12.4 Å². The number of nitrogens with zero attached hydrogens (tertiary/aromatic N) is 6. The van der Waals surface area contributed by atoms with Crippen LogP contribution in [0.25, 0.3) is 33.8 Å². The number of fused-ring (bicyclic) bond motifs is 3. The van der Waals surface area contributed by atoms with Gasteiger partial charge in [-0.15, -0.1) is 10.2 Å². The Bertz CT molecular complexity index is 1390. The number of aromatic nitrogens is 6. The molecule has 0 bridgehead atoms. The molecule has 0 radical (unpaired) electrons. The largest absolute Gasteiger partial charge is 0.390 e. The van der Waals surface area contributed by atoms with E-state index in [2.05, 4.69) is 20.7 Å². The molecule has 0 atom stereocenters. The van der Waals surface area contributed by atoms with Gasteiger partial charge in [0.05, 0.1) is 29.0 Å². The summed E-state index contributed by atoms with van der Waals surface area (Å²) in [4.78, 5) is 16.9. The first-order valence-electron chi connectivity index (χ1n) is 9.11. The van der Waals surface area contributed by atoms with E-state index in [1.165, 1.54) is 0 Å². The molecular weight excluding hydrogens is 384 g/mol. The number of hydrogen-bond donors (Lipinski definition) is 3. The summed E-state index contributed by atoms with van der Waals surface area (Å²) in [5.41, 5.74) is 6.05. The molecule has 10 nitrogen and oxygen atoms in total. The van der Waals surface area contributed by atoms with Crippen molar-refractivity contribution in [2.24, 2.45) is 5.84 Å². The van der Waals surface area contributed by atoms with Crippen molar-refractivity contribution < 1.29 is 9.90 Å². The van der Waals surface area contributed by atoms with Crippen LogP contribution in [0.4, 0.5) is 0 Å². The Balaban J connectivity index is 1.80. The predicted molar refractivity (Wildman–Crippen MR) is 108 cm³/mol. The van der Waals surface area contributed by atoms with E-state index < -0.39 is 5.91 Å². The minimum Gasteiger partial charge on any atom is -0.390 e. The number of carbonyl (C=O) groups excluding carboxylic acids is 1. The molecule has 5 aromatic rings. The zero-order valence-corrected chi connectivity index (χ0v) is 15.6. The number of aliphatic hydroxyl groups excluding tert-OH is 1. The van der Waals surface area contributed by atoms with E-state index in [4.69, 9.17) is 10.8 Å². The standard InChI is InChI=1S/C20H16N8O2/c21-23-20(30)19-25-24-18-17(22-14-8-4-5-9-16(14)27(18)19)15-10-13(11-29)28(26-15)12-6-2-1-3-7-12/h1-10,29H,11,21H2,(H,23,30). The molecule has 0 aliphatic rings. The van der Waals surface area contributed by atoms with Gasteiger partial charge in [0.15, 0.2) is 5.65 Å². The van der Waals surface area contributed by atoms with Gasteiger partial charge in [-0.1, -0.05) is 30.3 Å². The summed E-state index contributed by atoms with van der Waals surface area (Å²) in [5, 5.41) is 22.7. The van der Waals surface area contributed by atoms with Crippen LogP contribution in [0.1, 0.15) is 16.3 Å². The smallest absolute Gasteiger partial charge is 0.303 e. The molecular formula is C20H16N8O2. The van der Waals surface area contributed by atoms with Gasteiger partial charge in [0, 0.05) is 0 Å². The van der Waals surface area contributed by atoms with Crippen molar-refractivity contribution in [2.45, 2.75) is 6.61 Å².